The molecule has 2 aromatic carbocycles. The van der Waals surface area contributed by atoms with Crippen LogP contribution in [0.1, 0.15) is 35.8 Å². The molecule has 2 atom stereocenters. The molecule has 0 saturated heterocycles. The zero-order valence-corrected chi connectivity index (χ0v) is 12.6. The second kappa shape index (κ2) is 6.89. The second-order valence-electron chi connectivity index (χ2n) is 5.08. The summed E-state index contributed by atoms with van der Waals surface area (Å²) in [6, 6.07) is 16.0. The third-order valence-corrected chi connectivity index (χ3v) is 3.77. The number of aryl methyl sites for hydroxylation is 1. The van der Waals surface area contributed by atoms with Gasteiger partial charge < -0.3 is 10.4 Å². The van der Waals surface area contributed by atoms with Gasteiger partial charge in [0.25, 0.3) is 0 Å². The maximum Gasteiger partial charge on any atom is 0.0928 e. The SMILES string of the molecule is Cc1cccc([C@H](C)NCC(O)c2ccccc2Cl)c1. The van der Waals surface area contributed by atoms with Crippen LogP contribution < -0.4 is 5.32 Å². The van der Waals surface area contributed by atoms with Crippen molar-refractivity contribution in [3.8, 4) is 0 Å². The molecule has 2 aromatic rings. The second-order valence-corrected chi connectivity index (χ2v) is 5.49. The number of hydrogen-bond acceptors (Lipinski definition) is 2. The molecule has 0 saturated carbocycles. The van der Waals surface area contributed by atoms with Gasteiger partial charge in [-0.3, -0.25) is 0 Å². The Morgan fingerprint density at radius 1 is 1.15 bits per heavy atom. The van der Waals surface area contributed by atoms with Crippen molar-refractivity contribution in [2.75, 3.05) is 6.54 Å². The van der Waals surface area contributed by atoms with Crippen LogP contribution in [0, 0.1) is 6.92 Å². The Morgan fingerprint density at radius 2 is 1.90 bits per heavy atom. The normalized spacial score (nSPS) is 14.0. The molecule has 1 unspecified atom stereocenters. The van der Waals surface area contributed by atoms with Gasteiger partial charge in [-0.2, -0.15) is 0 Å². The van der Waals surface area contributed by atoms with E-state index in [4.69, 9.17) is 11.6 Å². The fraction of sp³-hybridized carbons (Fsp3) is 0.294. The lowest BCUT2D eigenvalue weighted by molar-refractivity contribution is 0.171. The third-order valence-electron chi connectivity index (χ3n) is 3.42. The van der Waals surface area contributed by atoms with E-state index in [2.05, 4.69) is 37.4 Å². The quantitative estimate of drug-likeness (QED) is 0.871. The summed E-state index contributed by atoms with van der Waals surface area (Å²) in [6.07, 6.45) is -0.601. The van der Waals surface area contributed by atoms with Gasteiger partial charge in [-0.05, 0) is 25.5 Å². The summed E-state index contributed by atoms with van der Waals surface area (Å²) >= 11 is 6.08. The number of aliphatic hydroxyl groups is 1. The number of rotatable bonds is 5. The Bertz CT molecular complexity index is 570. The molecule has 0 spiro atoms. The van der Waals surface area contributed by atoms with Gasteiger partial charge in [0.1, 0.15) is 0 Å². The molecular weight excluding hydrogens is 270 g/mol. The maximum absolute atomic E-state index is 10.2. The average Bonchev–Trinajstić information content (AvgIpc) is 2.45. The van der Waals surface area contributed by atoms with E-state index in [1.165, 1.54) is 11.1 Å². The minimum absolute atomic E-state index is 0.187. The van der Waals surface area contributed by atoms with Crippen molar-refractivity contribution in [1.29, 1.82) is 0 Å². The first-order valence-electron chi connectivity index (χ1n) is 6.80. The van der Waals surface area contributed by atoms with Gasteiger partial charge in [0.05, 0.1) is 6.10 Å². The zero-order chi connectivity index (χ0) is 14.5. The van der Waals surface area contributed by atoms with Crippen LogP contribution in [0.15, 0.2) is 48.5 Å². The molecule has 3 heteroatoms. The van der Waals surface area contributed by atoms with Crippen LogP contribution >= 0.6 is 11.6 Å². The van der Waals surface area contributed by atoms with E-state index < -0.39 is 6.10 Å². The van der Waals surface area contributed by atoms with E-state index in [9.17, 15) is 5.11 Å². The highest BCUT2D eigenvalue weighted by Crippen LogP contribution is 2.23. The van der Waals surface area contributed by atoms with Crippen LogP contribution in [0.25, 0.3) is 0 Å². The third kappa shape index (κ3) is 3.83. The van der Waals surface area contributed by atoms with Crippen molar-refractivity contribution in [2.45, 2.75) is 26.0 Å². The molecule has 0 aromatic heterocycles. The largest absolute Gasteiger partial charge is 0.387 e. The number of hydrogen-bond donors (Lipinski definition) is 2. The van der Waals surface area contributed by atoms with Gasteiger partial charge in [-0.15, -0.1) is 0 Å². The van der Waals surface area contributed by atoms with Crippen LogP contribution in [-0.2, 0) is 0 Å². The van der Waals surface area contributed by atoms with Crippen molar-refractivity contribution in [2.24, 2.45) is 0 Å². The lowest BCUT2D eigenvalue weighted by atomic mass is 10.0. The summed E-state index contributed by atoms with van der Waals surface area (Å²) in [4.78, 5) is 0. The van der Waals surface area contributed by atoms with Crippen molar-refractivity contribution >= 4 is 11.6 Å². The van der Waals surface area contributed by atoms with Crippen LogP contribution in [-0.4, -0.2) is 11.7 Å². The zero-order valence-electron chi connectivity index (χ0n) is 11.8. The molecule has 0 bridgehead atoms. The molecule has 2 N–H and O–H groups in total. The highest BCUT2D eigenvalue weighted by atomic mass is 35.5. The van der Waals surface area contributed by atoms with E-state index >= 15 is 0 Å². The Hall–Kier alpha value is -1.35. The minimum Gasteiger partial charge on any atom is -0.387 e. The Labute approximate surface area is 125 Å². The van der Waals surface area contributed by atoms with E-state index in [0.29, 0.717) is 11.6 Å². The average molecular weight is 290 g/mol. The molecule has 20 heavy (non-hydrogen) atoms. The Kier molecular flexibility index (Phi) is 5.18. The van der Waals surface area contributed by atoms with Gasteiger partial charge in [-0.25, -0.2) is 0 Å². The first kappa shape index (κ1) is 15.0. The van der Waals surface area contributed by atoms with Crippen LogP contribution in [0.4, 0.5) is 0 Å². The molecule has 0 aliphatic rings. The molecule has 0 radical (unpaired) electrons. The van der Waals surface area contributed by atoms with E-state index in [-0.39, 0.29) is 6.04 Å². The molecule has 0 amide bonds. The first-order valence-corrected chi connectivity index (χ1v) is 7.18. The molecule has 0 heterocycles. The molecular formula is C17H20ClNO. The summed E-state index contributed by atoms with van der Waals surface area (Å²) in [5.74, 6) is 0. The fourth-order valence-electron chi connectivity index (χ4n) is 2.20. The van der Waals surface area contributed by atoms with Gasteiger partial charge in [0.2, 0.25) is 0 Å². The summed E-state index contributed by atoms with van der Waals surface area (Å²) in [7, 11) is 0. The van der Waals surface area contributed by atoms with Crippen molar-refractivity contribution in [3.05, 3.63) is 70.2 Å². The summed E-state index contributed by atoms with van der Waals surface area (Å²) in [6.45, 7) is 4.64. The minimum atomic E-state index is -0.601. The number of halogens is 1. The molecule has 2 nitrogen and oxygen atoms in total. The summed E-state index contributed by atoms with van der Waals surface area (Å²) < 4.78 is 0. The van der Waals surface area contributed by atoms with Crippen molar-refractivity contribution < 1.29 is 5.11 Å². The maximum atomic E-state index is 10.2. The predicted molar refractivity (Wildman–Crippen MR) is 84.0 cm³/mol. The highest BCUT2D eigenvalue weighted by molar-refractivity contribution is 6.31. The van der Waals surface area contributed by atoms with Gasteiger partial charge in [-0.1, -0.05) is 59.6 Å². The smallest absolute Gasteiger partial charge is 0.0928 e. The Morgan fingerprint density at radius 3 is 2.60 bits per heavy atom. The molecule has 0 fully saturated rings. The highest BCUT2D eigenvalue weighted by Gasteiger charge is 2.13. The van der Waals surface area contributed by atoms with E-state index in [1.807, 2.05) is 24.3 Å². The fourth-order valence-corrected chi connectivity index (χ4v) is 2.46. The predicted octanol–water partition coefficient (Wildman–Crippen LogP) is 4.03. The van der Waals surface area contributed by atoms with Crippen LogP contribution in [0.3, 0.4) is 0 Å². The van der Waals surface area contributed by atoms with Gasteiger partial charge >= 0.3 is 0 Å². The monoisotopic (exact) mass is 289 g/mol. The lowest BCUT2D eigenvalue weighted by Crippen LogP contribution is -2.24. The molecule has 0 aliphatic heterocycles. The van der Waals surface area contributed by atoms with Gasteiger partial charge in [0.15, 0.2) is 0 Å². The van der Waals surface area contributed by atoms with Crippen LogP contribution in [0.5, 0.6) is 0 Å². The van der Waals surface area contributed by atoms with E-state index in [0.717, 1.165) is 5.56 Å². The molecule has 0 aliphatic carbocycles. The first-order chi connectivity index (χ1) is 9.58. The van der Waals surface area contributed by atoms with Crippen molar-refractivity contribution in [3.63, 3.8) is 0 Å². The Balaban J connectivity index is 1.97. The molecule has 2 rings (SSSR count). The van der Waals surface area contributed by atoms with Crippen molar-refractivity contribution in [1.82, 2.24) is 5.32 Å². The van der Waals surface area contributed by atoms with Crippen LogP contribution in [0.2, 0.25) is 5.02 Å². The summed E-state index contributed by atoms with van der Waals surface area (Å²) in [5.41, 5.74) is 3.22. The molecule has 106 valence electrons. The number of aliphatic hydroxyl groups excluding tert-OH is 1. The standard InChI is InChI=1S/C17H20ClNO/c1-12-6-5-7-14(10-12)13(2)19-11-17(20)15-8-3-4-9-16(15)18/h3-10,13,17,19-20H,11H2,1-2H3/t13-,17?/m0/s1. The van der Waals surface area contributed by atoms with Gasteiger partial charge in [0, 0.05) is 23.2 Å². The topological polar surface area (TPSA) is 32.3 Å². The lowest BCUT2D eigenvalue weighted by Gasteiger charge is -2.18. The number of nitrogens with one attached hydrogen (secondary N) is 1. The van der Waals surface area contributed by atoms with E-state index in [1.54, 1.807) is 6.07 Å². The number of benzene rings is 2. The summed E-state index contributed by atoms with van der Waals surface area (Å²) in [5, 5.41) is 14.1.